The number of aromatic nitrogens is 2. The topological polar surface area (TPSA) is 54.7 Å². The minimum Gasteiger partial charge on any atom is -0.497 e. The zero-order chi connectivity index (χ0) is 20.4. The normalized spacial score (nSPS) is 10.8. The number of hydrogen-bond donors (Lipinski definition) is 0. The molecule has 1 heterocycles. The maximum atomic E-state index is 5.55. The van der Waals surface area contributed by atoms with Crippen molar-refractivity contribution in [2.45, 2.75) is 0 Å². The summed E-state index contributed by atoms with van der Waals surface area (Å²) in [6.07, 6.45) is 0. The Labute approximate surface area is 169 Å². The first-order valence-corrected chi connectivity index (χ1v) is 9.12. The molecular weight excluding hydrogens is 368 g/mol. The molecule has 0 fully saturated rings. The number of ether oxygens (including phenoxy) is 4. The molecule has 0 aliphatic heterocycles. The van der Waals surface area contributed by atoms with Crippen LogP contribution in [0.2, 0.25) is 0 Å². The van der Waals surface area contributed by atoms with E-state index in [2.05, 4.69) is 4.57 Å². The van der Waals surface area contributed by atoms with Crippen LogP contribution in [0.5, 0.6) is 23.0 Å². The van der Waals surface area contributed by atoms with Crippen LogP contribution >= 0.6 is 0 Å². The zero-order valence-electron chi connectivity index (χ0n) is 16.8. The molecule has 0 atom stereocenters. The van der Waals surface area contributed by atoms with Crippen molar-refractivity contribution in [3.05, 3.63) is 60.7 Å². The molecule has 6 nitrogen and oxygen atoms in total. The molecule has 3 aromatic carbocycles. The van der Waals surface area contributed by atoms with Crippen LogP contribution in [-0.2, 0) is 0 Å². The lowest BCUT2D eigenvalue weighted by Crippen LogP contribution is -2.01. The van der Waals surface area contributed by atoms with Gasteiger partial charge in [-0.25, -0.2) is 4.98 Å². The molecule has 0 N–H and O–H groups in total. The van der Waals surface area contributed by atoms with E-state index in [9.17, 15) is 0 Å². The molecule has 0 saturated carbocycles. The van der Waals surface area contributed by atoms with E-state index in [1.807, 2.05) is 60.7 Å². The second-order valence-electron chi connectivity index (χ2n) is 6.37. The van der Waals surface area contributed by atoms with Crippen molar-refractivity contribution in [3.63, 3.8) is 0 Å². The molecule has 0 spiro atoms. The molecular formula is C23H22N2O4. The van der Waals surface area contributed by atoms with Crippen molar-refractivity contribution in [1.82, 2.24) is 9.55 Å². The summed E-state index contributed by atoms with van der Waals surface area (Å²) in [6, 6.07) is 19.7. The van der Waals surface area contributed by atoms with Crippen LogP contribution in [0, 0.1) is 0 Å². The third-order valence-corrected chi connectivity index (χ3v) is 4.82. The highest BCUT2D eigenvalue weighted by atomic mass is 16.5. The second-order valence-corrected chi connectivity index (χ2v) is 6.37. The molecule has 148 valence electrons. The summed E-state index contributed by atoms with van der Waals surface area (Å²) in [4.78, 5) is 4.88. The molecule has 0 aliphatic carbocycles. The predicted octanol–water partition coefficient (Wildman–Crippen LogP) is 4.73. The van der Waals surface area contributed by atoms with Crippen LogP contribution in [0.3, 0.4) is 0 Å². The van der Waals surface area contributed by atoms with Gasteiger partial charge in [0.15, 0.2) is 11.5 Å². The van der Waals surface area contributed by atoms with Crippen molar-refractivity contribution in [1.29, 1.82) is 0 Å². The molecule has 6 heteroatoms. The summed E-state index contributed by atoms with van der Waals surface area (Å²) in [5.41, 5.74) is 3.70. The highest BCUT2D eigenvalue weighted by Gasteiger charge is 2.19. The van der Waals surface area contributed by atoms with Crippen molar-refractivity contribution < 1.29 is 18.9 Å². The number of para-hydroxylation sites is 2. The Morgan fingerprint density at radius 3 is 1.97 bits per heavy atom. The van der Waals surface area contributed by atoms with Crippen LogP contribution in [0.25, 0.3) is 28.1 Å². The molecule has 1 aromatic heterocycles. The molecule has 4 rings (SSSR count). The highest BCUT2D eigenvalue weighted by molar-refractivity contribution is 5.83. The zero-order valence-corrected chi connectivity index (χ0v) is 16.8. The number of benzene rings is 3. The summed E-state index contributed by atoms with van der Waals surface area (Å²) in [5, 5.41) is 0. The van der Waals surface area contributed by atoms with Gasteiger partial charge in [-0.3, -0.25) is 4.57 Å². The highest BCUT2D eigenvalue weighted by Crippen LogP contribution is 2.41. The number of nitrogens with zero attached hydrogens (tertiary/aromatic N) is 2. The minimum absolute atomic E-state index is 0.550. The van der Waals surface area contributed by atoms with Gasteiger partial charge in [0.05, 0.1) is 45.2 Å². The fraction of sp³-hybridized carbons (Fsp3) is 0.174. The Morgan fingerprint density at radius 1 is 0.724 bits per heavy atom. The Balaban J connectivity index is 2.00. The van der Waals surface area contributed by atoms with Gasteiger partial charge in [0, 0.05) is 17.7 Å². The lowest BCUT2D eigenvalue weighted by molar-refractivity contribution is 0.324. The maximum Gasteiger partial charge on any atom is 0.203 e. The van der Waals surface area contributed by atoms with E-state index in [1.54, 1.807) is 28.4 Å². The van der Waals surface area contributed by atoms with E-state index in [4.69, 9.17) is 23.9 Å². The summed E-state index contributed by atoms with van der Waals surface area (Å²) >= 11 is 0. The minimum atomic E-state index is 0.550. The van der Waals surface area contributed by atoms with Crippen LogP contribution in [0.15, 0.2) is 60.7 Å². The first-order valence-electron chi connectivity index (χ1n) is 9.12. The van der Waals surface area contributed by atoms with Gasteiger partial charge in [-0.1, -0.05) is 12.1 Å². The average molecular weight is 390 g/mol. The van der Waals surface area contributed by atoms with Gasteiger partial charge in [-0.2, -0.15) is 0 Å². The van der Waals surface area contributed by atoms with Crippen molar-refractivity contribution >= 4 is 11.0 Å². The summed E-state index contributed by atoms with van der Waals surface area (Å²) < 4.78 is 23.9. The average Bonchev–Trinajstić information content (AvgIpc) is 3.17. The van der Waals surface area contributed by atoms with Crippen molar-refractivity contribution in [3.8, 4) is 40.1 Å². The maximum absolute atomic E-state index is 5.55. The monoisotopic (exact) mass is 390 g/mol. The van der Waals surface area contributed by atoms with Crippen LogP contribution in [-0.4, -0.2) is 38.0 Å². The molecule has 0 bridgehead atoms. The van der Waals surface area contributed by atoms with Crippen molar-refractivity contribution in [2.75, 3.05) is 28.4 Å². The fourth-order valence-corrected chi connectivity index (χ4v) is 3.42. The molecule has 0 radical (unpaired) electrons. The fourth-order valence-electron chi connectivity index (χ4n) is 3.42. The first-order chi connectivity index (χ1) is 14.2. The van der Waals surface area contributed by atoms with Crippen molar-refractivity contribution in [2.24, 2.45) is 0 Å². The van der Waals surface area contributed by atoms with Crippen LogP contribution in [0.4, 0.5) is 0 Å². The number of hydrogen-bond acceptors (Lipinski definition) is 5. The SMILES string of the molecule is COc1ccc(-c2nc3ccccc3n2-c2cc(OC)c(OC)c(OC)c2)cc1. The molecule has 0 unspecified atom stereocenters. The lowest BCUT2D eigenvalue weighted by atomic mass is 10.2. The quantitative estimate of drug-likeness (QED) is 0.477. The van der Waals surface area contributed by atoms with Gasteiger partial charge in [-0.15, -0.1) is 0 Å². The smallest absolute Gasteiger partial charge is 0.203 e. The standard InChI is InChI=1S/C23H22N2O4/c1-26-17-11-9-15(10-12-17)23-24-18-7-5-6-8-19(18)25(23)16-13-20(27-2)22(29-4)21(14-16)28-3/h5-14H,1-4H3. The van der Waals surface area contributed by atoms with E-state index in [-0.39, 0.29) is 0 Å². The third kappa shape index (κ3) is 3.23. The molecule has 0 amide bonds. The molecule has 0 aliphatic rings. The Morgan fingerprint density at radius 2 is 1.38 bits per heavy atom. The Bertz CT molecular complexity index is 1120. The Hall–Kier alpha value is -3.67. The first kappa shape index (κ1) is 18.7. The summed E-state index contributed by atoms with van der Waals surface area (Å²) in [5.74, 6) is 3.32. The number of imidazole rings is 1. The van der Waals surface area contributed by atoms with Gasteiger partial charge >= 0.3 is 0 Å². The molecule has 29 heavy (non-hydrogen) atoms. The van der Waals surface area contributed by atoms with E-state index in [1.165, 1.54) is 0 Å². The number of methoxy groups -OCH3 is 4. The number of fused-ring (bicyclic) bond motifs is 1. The summed E-state index contributed by atoms with van der Waals surface area (Å²) in [6.45, 7) is 0. The van der Waals surface area contributed by atoms with Gasteiger partial charge in [0.25, 0.3) is 0 Å². The van der Waals surface area contributed by atoms with Gasteiger partial charge in [-0.05, 0) is 36.4 Å². The van der Waals surface area contributed by atoms with E-state index in [0.29, 0.717) is 17.2 Å². The van der Waals surface area contributed by atoms with E-state index in [0.717, 1.165) is 33.9 Å². The Kier molecular flexibility index (Phi) is 4.99. The van der Waals surface area contributed by atoms with Gasteiger partial charge in [0.2, 0.25) is 5.75 Å². The van der Waals surface area contributed by atoms with E-state index < -0.39 is 0 Å². The second kappa shape index (κ2) is 7.75. The summed E-state index contributed by atoms with van der Waals surface area (Å²) in [7, 11) is 6.46. The van der Waals surface area contributed by atoms with Crippen LogP contribution in [0.1, 0.15) is 0 Å². The molecule has 0 saturated heterocycles. The van der Waals surface area contributed by atoms with Gasteiger partial charge < -0.3 is 18.9 Å². The number of rotatable bonds is 6. The van der Waals surface area contributed by atoms with Gasteiger partial charge in [0.1, 0.15) is 11.6 Å². The lowest BCUT2D eigenvalue weighted by Gasteiger charge is -2.16. The predicted molar refractivity (Wildman–Crippen MR) is 113 cm³/mol. The third-order valence-electron chi connectivity index (χ3n) is 4.82. The van der Waals surface area contributed by atoms with E-state index >= 15 is 0 Å². The molecule has 4 aromatic rings. The van der Waals surface area contributed by atoms with Crippen LogP contribution < -0.4 is 18.9 Å². The largest absolute Gasteiger partial charge is 0.497 e.